The summed E-state index contributed by atoms with van der Waals surface area (Å²) >= 11 is 0. The number of methoxy groups -OCH3 is 1. The molecular weight excluding hydrogens is 242 g/mol. The smallest absolute Gasteiger partial charge is 0.332 e. The first-order valence-corrected chi connectivity index (χ1v) is 6.21. The van der Waals surface area contributed by atoms with Crippen LogP contribution >= 0.6 is 0 Å². The van der Waals surface area contributed by atoms with Gasteiger partial charge in [-0.25, -0.2) is 4.79 Å². The number of amides is 1. The molecule has 1 amide bonds. The van der Waals surface area contributed by atoms with Gasteiger partial charge in [0.25, 0.3) is 0 Å². The monoisotopic (exact) mass is 259 g/mol. The molecule has 4 nitrogen and oxygen atoms in total. The van der Waals surface area contributed by atoms with Gasteiger partial charge in [-0.15, -0.1) is 6.58 Å². The van der Waals surface area contributed by atoms with Gasteiger partial charge < -0.3 is 10.1 Å². The standard InChI is InChI=1S/C15H17NO3/c1-3-12(11-7-5-4-6-8-11)15(14(18)19-2)10-9-13(17)16-15/h3-8,12H,1,9-10H2,2H3,(H,16,17)/t12-,15-/m1/s1. The minimum absolute atomic E-state index is 0.131. The fraction of sp³-hybridized carbons (Fsp3) is 0.333. The van der Waals surface area contributed by atoms with E-state index in [4.69, 9.17) is 4.74 Å². The summed E-state index contributed by atoms with van der Waals surface area (Å²) in [6.07, 6.45) is 2.44. The maximum atomic E-state index is 12.2. The van der Waals surface area contributed by atoms with E-state index in [1.807, 2.05) is 30.3 Å². The summed E-state index contributed by atoms with van der Waals surface area (Å²) in [5.41, 5.74) is -0.0975. The van der Waals surface area contributed by atoms with Crippen LogP contribution < -0.4 is 5.32 Å². The minimum Gasteiger partial charge on any atom is -0.467 e. The molecule has 0 saturated carbocycles. The highest BCUT2D eigenvalue weighted by Crippen LogP contribution is 2.37. The van der Waals surface area contributed by atoms with Crippen LogP contribution in [0.15, 0.2) is 43.0 Å². The zero-order valence-corrected chi connectivity index (χ0v) is 10.9. The molecule has 2 atom stereocenters. The molecule has 2 rings (SSSR count). The second-order valence-electron chi connectivity index (χ2n) is 4.64. The van der Waals surface area contributed by atoms with Crippen LogP contribution in [0.2, 0.25) is 0 Å². The largest absolute Gasteiger partial charge is 0.467 e. The molecule has 19 heavy (non-hydrogen) atoms. The minimum atomic E-state index is -1.03. The molecule has 1 fully saturated rings. The molecule has 1 aliphatic rings. The molecule has 1 aromatic carbocycles. The Morgan fingerprint density at radius 2 is 2.16 bits per heavy atom. The first-order valence-electron chi connectivity index (χ1n) is 6.21. The maximum Gasteiger partial charge on any atom is 0.332 e. The number of hydrogen-bond donors (Lipinski definition) is 1. The third-order valence-corrected chi connectivity index (χ3v) is 3.58. The summed E-state index contributed by atoms with van der Waals surface area (Å²) in [5, 5.41) is 2.78. The molecule has 0 aliphatic carbocycles. The molecule has 1 heterocycles. The Kier molecular flexibility index (Phi) is 3.69. The number of benzene rings is 1. The molecule has 0 unspecified atom stereocenters. The quantitative estimate of drug-likeness (QED) is 0.662. The van der Waals surface area contributed by atoms with Crippen molar-refractivity contribution >= 4 is 11.9 Å². The summed E-state index contributed by atoms with van der Waals surface area (Å²) in [7, 11) is 1.33. The van der Waals surface area contributed by atoms with E-state index < -0.39 is 11.5 Å². The molecule has 4 heteroatoms. The topological polar surface area (TPSA) is 55.4 Å². The molecule has 0 aromatic heterocycles. The lowest BCUT2D eigenvalue weighted by atomic mass is 9.78. The number of esters is 1. The van der Waals surface area contributed by atoms with Crippen LogP contribution in [0, 0.1) is 0 Å². The third-order valence-electron chi connectivity index (χ3n) is 3.58. The van der Waals surface area contributed by atoms with Crippen LogP contribution in [0.25, 0.3) is 0 Å². The Labute approximate surface area is 112 Å². The third kappa shape index (κ3) is 2.26. The van der Waals surface area contributed by atoms with Crippen molar-refractivity contribution in [3.8, 4) is 0 Å². The highest BCUT2D eigenvalue weighted by Gasteiger charge is 2.50. The highest BCUT2D eigenvalue weighted by molar-refractivity contribution is 5.93. The van der Waals surface area contributed by atoms with Gasteiger partial charge in [-0.2, -0.15) is 0 Å². The van der Waals surface area contributed by atoms with E-state index in [2.05, 4.69) is 11.9 Å². The molecule has 0 radical (unpaired) electrons. The van der Waals surface area contributed by atoms with Crippen molar-refractivity contribution in [2.24, 2.45) is 0 Å². The Bertz CT molecular complexity index is 497. The average molecular weight is 259 g/mol. The van der Waals surface area contributed by atoms with Crippen molar-refractivity contribution in [2.45, 2.75) is 24.3 Å². The van der Waals surface area contributed by atoms with Crippen LogP contribution in [0.1, 0.15) is 24.3 Å². The van der Waals surface area contributed by atoms with Crippen molar-refractivity contribution in [1.29, 1.82) is 0 Å². The van der Waals surface area contributed by atoms with Gasteiger partial charge >= 0.3 is 5.97 Å². The zero-order chi connectivity index (χ0) is 13.9. The lowest BCUT2D eigenvalue weighted by molar-refractivity contribution is -0.149. The Morgan fingerprint density at radius 1 is 1.47 bits per heavy atom. The van der Waals surface area contributed by atoms with Gasteiger partial charge in [-0.05, 0) is 12.0 Å². The highest BCUT2D eigenvalue weighted by atomic mass is 16.5. The second kappa shape index (κ2) is 5.26. The van der Waals surface area contributed by atoms with E-state index in [1.165, 1.54) is 7.11 Å². The van der Waals surface area contributed by atoms with E-state index in [1.54, 1.807) is 6.08 Å². The van der Waals surface area contributed by atoms with E-state index in [9.17, 15) is 9.59 Å². The molecule has 1 N–H and O–H groups in total. The summed E-state index contributed by atoms with van der Waals surface area (Å²) in [5.74, 6) is -0.854. The number of hydrogen-bond acceptors (Lipinski definition) is 3. The van der Waals surface area contributed by atoms with Crippen LogP contribution in [0.3, 0.4) is 0 Å². The van der Waals surface area contributed by atoms with E-state index >= 15 is 0 Å². The molecule has 1 saturated heterocycles. The van der Waals surface area contributed by atoms with Gasteiger partial charge in [0.2, 0.25) is 5.91 Å². The second-order valence-corrected chi connectivity index (χ2v) is 4.64. The van der Waals surface area contributed by atoms with E-state index in [0.717, 1.165) is 5.56 Å². The van der Waals surface area contributed by atoms with Gasteiger partial charge in [0.05, 0.1) is 7.11 Å². The fourth-order valence-corrected chi connectivity index (χ4v) is 2.66. The zero-order valence-electron chi connectivity index (χ0n) is 10.9. The maximum absolute atomic E-state index is 12.2. The molecule has 0 bridgehead atoms. The van der Waals surface area contributed by atoms with Gasteiger partial charge in [0, 0.05) is 12.3 Å². The Morgan fingerprint density at radius 3 is 2.63 bits per heavy atom. The molecule has 1 aliphatic heterocycles. The Balaban J connectivity index is 2.45. The summed E-state index contributed by atoms with van der Waals surface area (Å²) in [4.78, 5) is 23.7. The number of nitrogens with one attached hydrogen (secondary N) is 1. The Hall–Kier alpha value is -2.10. The van der Waals surface area contributed by atoms with Crippen LogP contribution in [-0.4, -0.2) is 24.5 Å². The van der Waals surface area contributed by atoms with Crippen molar-refractivity contribution in [3.05, 3.63) is 48.6 Å². The first kappa shape index (κ1) is 13.3. The number of carbonyl (C=O) groups excluding carboxylic acids is 2. The van der Waals surface area contributed by atoms with E-state index in [0.29, 0.717) is 12.8 Å². The molecular formula is C15H17NO3. The predicted molar refractivity (Wildman–Crippen MR) is 71.5 cm³/mol. The number of carbonyl (C=O) groups is 2. The van der Waals surface area contributed by atoms with E-state index in [-0.39, 0.29) is 11.8 Å². The van der Waals surface area contributed by atoms with Gasteiger partial charge in [0.1, 0.15) is 5.54 Å². The van der Waals surface area contributed by atoms with Crippen LogP contribution in [-0.2, 0) is 14.3 Å². The predicted octanol–water partition coefficient (Wildman–Crippen LogP) is 1.78. The number of rotatable bonds is 4. The normalized spacial score (nSPS) is 23.5. The summed E-state index contributed by atoms with van der Waals surface area (Å²) in [6.45, 7) is 3.81. The molecule has 1 aromatic rings. The van der Waals surface area contributed by atoms with Crippen molar-refractivity contribution in [2.75, 3.05) is 7.11 Å². The summed E-state index contributed by atoms with van der Waals surface area (Å²) < 4.78 is 4.89. The lowest BCUT2D eigenvalue weighted by Crippen LogP contribution is -2.53. The van der Waals surface area contributed by atoms with Gasteiger partial charge in [0.15, 0.2) is 0 Å². The van der Waals surface area contributed by atoms with Crippen LogP contribution in [0.5, 0.6) is 0 Å². The molecule has 100 valence electrons. The number of ether oxygens (including phenoxy) is 1. The molecule has 0 spiro atoms. The van der Waals surface area contributed by atoms with Crippen LogP contribution in [0.4, 0.5) is 0 Å². The van der Waals surface area contributed by atoms with Crippen molar-refractivity contribution < 1.29 is 14.3 Å². The average Bonchev–Trinajstić information content (AvgIpc) is 2.83. The van der Waals surface area contributed by atoms with Gasteiger partial charge in [-0.3, -0.25) is 4.79 Å². The summed E-state index contributed by atoms with van der Waals surface area (Å²) in [6, 6.07) is 9.53. The van der Waals surface area contributed by atoms with Crippen molar-refractivity contribution in [1.82, 2.24) is 5.32 Å². The lowest BCUT2D eigenvalue weighted by Gasteiger charge is -2.33. The van der Waals surface area contributed by atoms with Gasteiger partial charge in [-0.1, -0.05) is 36.4 Å². The van der Waals surface area contributed by atoms with Crippen molar-refractivity contribution in [3.63, 3.8) is 0 Å². The fourth-order valence-electron chi connectivity index (χ4n) is 2.66. The first-order chi connectivity index (χ1) is 9.14. The SMILES string of the molecule is C=C[C@H](c1ccccc1)[C@@]1(C(=O)OC)CCC(=O)N1.